The van der Waals surface area contributed by atoms with Crippen molar-refractivity contribution in [1.82, 2.24) is 5.48 Å². The highest BCUT2D eigenvalue weighted by Gasteiger charge is 2.14. The second-order valence-corrected chi connectivity index (χ2v) is 4.04. The lowest BCUT2D eigenvalue weighted by Gasteiger charge is -2.04. The largest absolute Gasteiger partial charge is 0.498 e. The maximum Gasteiger partial charge on any atom is 0.498 e. The summed E-state index contributed by atoms with van der Waals surface area (Å²) in [5, 5.41) is 3.38. The maximum atomic E-state index is 10.1. The number of rotatable bonds is 10. The van der Waals surface area contributed by atoms with Gasteiger partial charge >= 0.3 is 7.82 Å². The van der Waals surface area contributed by atoms with E-state index in [4.69, 9.17) is 15.3 Å². The normalized spacial score (nSPS) is 11.1. The second kappa shape index (κ2) is 9.56. The Morgan fingerprint density at radius 1 is 1.31 bits per heavy atom. The zero-order valence-electron chi connectivity index (χ0n) is 8.65. The van der Waals surface area contributed by atoms with Gasteiger partial charge in [-0.2, -0.15) is 5.48 Å². The Bertz CT molecular complexity index is 264. The van der Waals surface area contributed by atoms with Gasteiger partial charge in [0.05, 0.1) is 0 Å². The lowest BCUT2D eigenvalue weighted by atomic mass is 10.2. The minimum absolute atomic E-state index is 0.418. The number of nitrogens with one attached hydrogen (secondary N) is 1. The summed E-state index contributed by atoms with van der Waals surface area (Å²) in [5.74, 6) is 0. The fraction of sp³-hybridized carbons (Fsp3) is 1.00. The van der Waals surface area contributed by atoms with Crippen molar-refractivity contribution in [2.45, 2.75) is 25.7 Å². The van der Waals surface area contributed by atoms with Crippen LogP contribution in [0.5, 0.6) is 0 Å². The third-order valence-electron chi connectivity index (χ3n) is 1.54. The van der Waals surface area contributed by atoms with Gasteiger partial charge in [-0.1, -0.05) is 18.0 Å². The Morgan fingerprint density at radius 3 is 2.62 bits per heavy atom. The molecule has 0 bridgehead atoms. The Kier molecular flexibility index (Phi) is 9.16. The van der Waals surface area contributed by atoms with Gasteiger partial charge in [0.25, 0.3) is 0 Å². The van der Waals surface area contributed by atoms with E-state index in [9.17, 15) is 4.57 Å². The number of hydroxylamine groups is 1. The summed E-state index contributed by atoms with van der Waals surface area (Å²) < 4.78 is 13.8. The van der Waals surface area contributed by atoms with Gasteiger partial charge < -0.3 is 9.79 Å². The van der Waals surface area contributed by atoms with Crippen molar-refractivity contribution in [3.05, 3.63) is 10.4 Å². The first-order valence-corrected chi connectivity index (χ1v) is 6.24. The Morgan fingerprint density at radius 2 is 2.00 bits per heavy atom. The predicted molar refractivity (Wildman–Crippen MR) is 54.7 cm³/mol. The molecule has 16 heavy (non-hydrogen) atoms. The molecule has 0 aromatic rings. The summed E-state index contributed by atoms with van der Waals surface area (Å²) in [6, 6.07) is 0. The number of phosphoric acid groups is 1. The van der Waals surface area contributed by atoms with Crippen molar-refractivity contribution < 1.29 is 24.0 Å². The van der Waals surface area contributed by atoms with Gasteiger partial charge in [0.1, 0.15) is 0 Å². The lowest BCUT2D eigenvalue weighted by molar-refractivity contribution is -0.270. The first-order valence-electron chi connectivity index (χ1n) is 4.71. The SMILES string of the molecule is [N-]=[N+]=NCCCCCCNOOP(=O)(O)O. The summed E-state index contributed by atoms with van der Waals surface area (Å²) in [5.41, 5.74) is 10.2. The van der Waals surface area contributed by atoms with Crippen LogP contribution < -0.4 is 5.48 Å². The van der Waals surface area contributed by atoms with Crippen molar-refractivity contribution in [1.29, 1.82) is 0 Å². The Labute approximate surface area is 92.5 Å². The molecule has 0 aromatic heterocycles. The molecule has 10 heteroatoms. The first kappa shape index (κ1) is 15.3. The number of hydrogen-bond donors (Lipinski definition) is 3. The predicted octanol–water partition coefficient (Wildman–Crippen LogP) is 1.40. The van der Waals surface area contributed by atoms with Crippen LogP contribution in [0.2, 0.25) is 0 Å². The van der Waals surface area contributed by atoms with Gasteiger partial charge in [0, 0.05) is 18.0 Å². The summed E-state index contributed by atoms with van der Waals surface area (Å²) in [6.45, 7) is 0.906. The van der Waals surface area contributed by atoms with Crippen LogP contribution in [0.25, 0.3) is 10.4 Å². The molecule has 0 heterocycles. The van der Waals surface area contributed by atoms with Crippen LogP contribution in [0.15, 0.2) is 5.11 Å². The molecule has 0 spiro atoms. The summed E-state index contributed by atoms with van der Waals surface area (Å²) >= 11 is 0. The molecule has 0 radical (unpaired) electrons. The smallest absolute Gasteiger partial charge is 0.301 e. The third-order valence-corrected chi connectivity index (χ3v) is 1.81. The molecule has 0 saturated heterocycles. The molecule has 0 amide bonds. The van der Waals surface area contributed by atoms with E-state index in [1.807, 2.05) is 0 Å². The molecule has 0 aromatic carbocycles. The highest BCUT2D eigenvalue weighted by molar-refractivity contribution is 7.46. The first-order chi connectivity index (χ1) is 7.56. The van der Waals surface area contributed by atoms with Crippen molar-refractivity contribution in [2.75, 3.05) is 13.1 Å². The maximum absolute atomic E-state index is 10.1. The molecule has 0 aliphatic heterocycles. The van der Waals surface area contributed by atoms with E-state index in [0.29, 0.717) is 13.1 Å². The number of unbranched alkanes of at least 4 members (excludes halogenated alkanes) is 3. The van der Waals surface area contributed by atoms with Crippen molar-refractivity contribution in [3.63, 3.8) is 0 Å². The zero-order chi connectivity index (χ0) is 12.3. The summed E-state index contributed by atoms with van der Waals surface area (Å²) in [4.78, 5) is 23.1. The summed E-state index contributed by atoms with van der Waals surface area (Å²) in [7, 11) is -4.57. The molecule has 0 atom stereocenters. The van der Waals surface area contributed by atoms with Crippen LogP contribution in [0, 0.1) is 0 Å². The number of azide groups is 1. The standard InChI is InChI=1S/C6H15N4O5P/c7-10-8-5-3-1-2-4-6-9-14-15-16(11,12)13/h9H,1-6H2,(H2,11,12,13). The molecular weight excluding hydrogens is 239 g/mol. The fourth-order valence-corrected chi connectivity index (χ4v) is 1.04. The average molecular weight is 254 g/mol. The van der Waals surface area contributed by atoms with Gasteiger partial charge in [-0.3, -0.25) is 0 Å². The molecule has 0 saturated carbocycles. The fourth-order valence-electron chi connectivity index (χ4n) is 0.895. The molecule has 0 aliphatic carbocycles. The van der Waals surface area contributed by atoms with E-state index in [0.717, 1.165) is 25.7 Å². The Hall–Kier alpha value is -0.660. The van der Waals surface area contributed by atoms with Crippen molar-refractivity contribution in [3.8, 4) is 0 Å². The number of hydrogen-bond acceptors (Lipinski definition) is 5. The molecule has 94 valence electrons. The van der Waals surface area contributed by atoms with Crippen LogP contribution >= 0.6 is 7.82 Å². The minimum atomic E-state index is -4.57. The zero-order valence-corrected chi connectivity index (χ0v) is 9.55. The van der Waals surface area contributed by atoms with E-state index in [1.165, 1.54) is 0 Å². The van der Waals surface area contributed by atoms with Gasteiger partial charge in [-0.15, -0.1) is 9.66 Å². The van der Waals surface area contributed by atoms with Crippen LogP contribution in [-0.4, -0.2) is 22.9 Å². The van der Waals surface area contributed by atoms with Crippen LogP contribution in [0.1, 0.15) is 25.7 Å². The van der Waals surface area contributed by atoms with E-state index in [1.54, 1.807) is 0 Å². The Balaban J connectivity index is 3.10. The number of nitrogens with zero attached hydrogens (tertiary/aromatic N) is 3. The topological polar surface area (TPSA) is 137 Å². The van der Waals surface area contributed by atoms with E-state index in [2.05, 4.69) is 25.2 Å². The second-order valence-electron chi connectivity index (χ2n) is 2.91. The van der Waals surface area contributed by atoms with Gasteiger partial charge in [0.15, 0.2) is 0 Å². The van der Waals surface area contributed by atoms with Gasteiger partial charge in [0.2, 0.25) is 0 Å². The lowest BCUT2D eigenvalue weighted by Crippen LogP contribution is -2.15. The van der Waals surface area contributed by atoms with Gasteiger partial charge in [-0.05, 0) is 18.4 Å². The highest BCUT2D eigenvalue weighted by Crippen LogP contribution is 2.35. The summed E-state index contributed by atoms with van der Waals surface area (Å²) in [6.07, 6.45) is 3.40. The monoisotopic (exact) mass is 254 g/mol. The molecule has 0 aliphatic rings. The molecule has 0 unspecified atom stereocenters. The average Bonchev–Trinajstić information content (AvgIpc) is 2.19. The van der Waals surface area contributed by atoms with E-state index in [-0.39, 0.29) is 0 Å². The van der Waals surface area contributed by atoms with Crippen LogP contribution in [-0.2, 0) is 14.2 Å². The molecule has 0 rings (SSSR count). The van der Waals surface area contributed by atoms with Crippen molar-refractivity contribution >= 4 is 7.82 Å². The van der Waals surface area contributed by atoms with E-state index >= 15 is 0 Å². The highest BCUT2D eigenvalue weighted by atomic mass is 31.2. The molecule has 3 N–H and O–H groups in total. The van der Waals surface area contributed by atoms with Crippen LogP contribution in [0.4, 0.5) is 0 Å². The van der Waals surface area contributed by atoms with Crippen molar-refractivity contribution in [2.24, 2.45) is 5.11 Å². The molecule has 9 nitrogen and oxygen atoms in total. The van der Waals surface area contributed by atoms with E-state index < -0.39 is 7.82 Å². The quantitative estimate of drug-likeness (QED) is 0.102. The van der Waals surface area contributed by atoms with Gasteiger partial charge in [-0.25, -0.2) is 4.57 Å². The minimum Gasteiger partial charge on any atom is -0.301 e. The van der Waals surface area contributed by atoms with Crippen LogP contribution in [0.3, 0.4) is 0 Å². The third kappa shape index (κ3) is 13.3. The molecule has 0 fully saturated rings. The molecular formula is C6H15N4O5P.